The molecule has 3 rings (SSSR count). The third-order valence-electron chi connectivity index (χ3n) is 4.02. The van der Waals surface area contributed by atoms with E-state index in [1.54, 1.807) is 11.3 Å². The predicted octanol–water partition coefficient (Wildman–Crippen LogP) is 4.14. The van der Waals surface area contributed by atoms with Crippen molar-refractivity contribution < 1.29 is 14.3 Å². The van der Waals surface area contributed by atoms with Crippen molar-refractivity contribution >= 4 is 39.6 Å². The first-order valence-corrected chi connectivity index (χ1v) is 10.4. The van der Waals surface area contributed by atoms with Crippen molar-refractivity contribution in [3.8, 4) is 16.3 Å². The van der Waals surface area contributed by atoms with Crippen LogP contribution in [0.15, 0.2) is 35.7 Å². The molecule has 2 heterocycles. The standard InChI is InChI=1S/C20H21N3O3S2/c1-12-4-5-15(8-13(12)2)26-10-19(25)23-20-22-17(11-27-20)18-7-6-16(28-18)9-21-14(3)24/h4-8,11H,9-10H2,1-3H3,(H,21,24)(H,22,23,25). The lowest BCUT2D eigenvalue weighted by Gasteiger charge is -2.07. The third kappa shape index (κ3) is 5.40. The van der Waals surface area contributed by atoms with Gasteiger partial charge in [0.15, 0.2) is 11.7 Å². The molecule has 2 aromatic heterocycles. The van der Waals surface area contributed by atoms with Crippen LogP contribution in [0.1, 0.15) is 22.9 Å². The van der Waals surface area contributed by atoms with Gasteiger partial charge in [-0.15, -0.1) is 22.7 Å². The van der Waals surface area contributed by atoms with Crippen LogP contribution in [0.5, 0.6) is 5.75 Å². The van der Waals surface area contributed by atoms with Crippen molar-refractivity contribution in [1.29, 1.82) is 0 Å². The molecule has 146 valence electrons. The number of aromatic nitrogens is 1. The summed E-state index contributed by atoms with van der Waals surface area (Å²) in [5.41, 5.74) is 3.10. The van der Waals surface area contributed by atoms with Gasteiger partial charge in [0, 0.05) is 17.2 Å². The fourth-order valence-electron chi connectivity index (χ4n) is 2.37. The maximum absolute atomic E-state index is 12.1. The van der Waals surface area contributed by atoms with Crippen molar-refractivity contribution in [2.24, 2.45) is 0 Å². The molecule has 0 spiro atoms. The van der Waals surface area contributed by atoms with Crippen LogP contribution in [-0.2, 0) is 16.1 Å². The molecular formula is C20H21N3O3S2. The smallest absolute Gasteiger partial charge is 0.264 e. The SMILES string of the molecule is CC(=O)NCc1ccc(-c2csc(NC(=O)COc3ccc(C)c(C)c3)n2)s1. The lowest BCUT2D eigenvalue weighted by Crippen LogP contribution is -2.20. The Morgan fingerprint density at radius 3 is 2.71 bits per heavy atom. The Labute approximate surface area is 171 Å². The summed E-state index contributed by atoms with van der Waals surface area (Å²) in [5.74, 6) is 0.358. The number of hydrogen-bond acceptors (Lipinski definition) is 6. The molecule has 0 fully saturated rings. The van der Waals surface area contributed by atoms with Gasteiger partial charge >= 0.3 is 0 Å². The van der Waals surface area contributed by atoms with Crippen LogP contribution < -0.4 is 15.4 Å². The Hall–Kier alpha value is -2.71. The molecule has 3 aromatic rings. The van der Waals surface area contributed by atoms with Gasteiger partial charge in [0.2, 0.25) is 5.91 Å². The highest BCUT2D eigenvalue weighted by molar-refractivity contribution is 7.17. The molecule has 0 radical (unpaired) electrons. The number of thiophene rings is 1. The summed E-state index contributed by atoms with van der Waals surface area (Å²) in [7, 11) is 0. The molecule has 6 nitrogen and oxygen atoms in total. The Balaban J connectivity index is 1.54. The van der Waals surface area contributed by atoms with Crippen molar-refractivity contribution in [3.63, 3.8) is 0 Å². The van der Waals surface area contributed by atoms with Gasteiger partial charge in [0.25, 0.3) is 5.91 Å². The monoisotopic (exact) mass is 415 g/mol. The number of anilines is 1. The van der Waals surface area contributed by atoms with E-state index in [9.17, 15) is 9.59 Å². The first-order valence-electron chi connectivity index (χ1n) is 8.69. The minimum atomic E-state index is -0.253. The zero-order valence-electron chi connectivity index (χ0n) is 15.9. The van der Waals surface area contributed by atoms with Crippen LogP contribution in [0.2, 0.25) is 0 Å². The maximum Gasteiger partial charge on any atom is 0.264 e. The first-order chi connectivity index (χ1) is 13.4. The van der Waals surface area contributed by atoms with E-state index in [1.165, 1.54) is 23.8 Å². The number of carbonyl (C=O) groups is 2. The number of ether oxygens (including phenoxy) is 1. The van der Waals surface area contributed by atoms with Gasteiger partial charge in [0.05, 0.1) is 17.1 Å². The van der Waals surface area contributed by atoms with E-state index in [4.69, 9.17) is 4.74 Å². The van der Waals surface area contributed by atoms with Crippen LogP contribution in [0.4, 0.5) is 5.13 Å². The van der Waals surface area contributed by atoms with E-state index in [0.717, 1.165) is 21.0 Å². The van der Waals surface area contributed by atoms with Gasteiger partial charge in [-0.1, -0.05) is 6.07 Å². The van der Waals surface area contributed by atoms with Gasteiger partial charge < -0.3 is 10.1 Å². The zero-order chi connectivity index (χ0) is 20.1. The molecule has 0 saturated heterocycles. The Morgan fingerprint density at radius 2 is 1.96 bits per heavy atom. The highest BCUT2D eigenvalue weighted by atomic mass is 32.1. The first kappa shape index (κ1) is 20.0. The summed E-state index contributed by atoms with van der Waals surface area (Å²) < 4.78 is 5.55. The Kier molecular flexibility index (Phi) is 6.43. The van der Waals surface area contributed by atoms with Gasteiger partial charge in [0.1, 0.15) is 5.75 Å². The number of nitrogens with zero attached hydrogens (tertiary/aromatic N) is 1. The zero-order valence-corrected chi connectivity index (χ0v) is 17.5. The molecule has 0 aliphatic heterocycles. The second-order valence-electron chi connectivity index (χ2n) is 6.30. The Bertz CT molecular complexity index is 994. The predicted molar refractivity (Wildman–Crippen MR) is 113 cm³/mol. The van der Waals surface area contributed by atoms with Gasteiger partial charge in [-0.2, -0.15) is 0 Å². The second-order valence-corrected chi connectivity index (χ2v) is 8.32. The van der Waals surface area contributed by atoms with E-state index in [2.05, 4.69) is 15.6 Å². The fourth-order valence-corrected chi connectivity index (χ4v) is 4.08. The van der Waals surface area contributed by atoms with Crippen molar-refractivity contribution in [2.75, 3.05) is 11.9 Å². The summed E-state index contributed by atoms with van der Waals surface area (Å²) in [5, 5.41) is 7.97. The van der Waals surface area contributed by atoms with Crippen LogP contribution in [-0.4, -0.2) is 23.4 Å². The van der Waals surface area contributed by atoms with Crippen molar-refractivity contribution in [1.82, 2.24) is 10.3 Å². The lowest BCUT2D eigenvalue weighted by molar-refractivity contribution is -0.119. The maximum atomic E-state index is 12.1. The number of hydrogen-bond donors (Lipinski definition) is 2. The van der Waals surface area contributed by atoms with Crippen LogP contribution in [0, 0.1) is 13.8 Å². The summed E-state index contributed by atoms with van der Waals surface area (Å²) in [6.45, 7) is 5.96. The van der Waals surface area contributed by atoms with Gasteiger partial charge in [-0.05, 0) is 49.2 Å². The number of thiazole rings is 1. The topological polar surface area (TPSA) is 80.3 Å². The number of benzene rings is 1. The highest BCUT2D eigenvalue weighted by Crippen LogP contribution is 2.30. The van der Waals surface area contributed by atoms with Gasteiger partial charge in [-0.25, -0.2) is 4.98 Å². The molecule has 0 unspecified atom stereocenters. The van der Waals surface area contributed by atoms with Crippen molar-refractivity contribution in [3.05, 3.63) is 51.7 Å². The fraction of sp³-hybridized carbons (Fsp3) is 0.250. The molecular weight excluding hydrogens is 394 g/mol. The van der Waals surface area contributed by atoms with Crippen LogP contribution >= 0.6 is 22.7 Å². The molecule has 0 atom stereocenters. The number of aryl methyl sites for hydroxylation is 2. The van der Waals surface area contributed by atoms with Crippen molar-refractivity contribution in [2.45, 2.75) is 27.3 Å². The highest BCUT2D eigenvalue weighted by Gasteiger charge is 2.11. The minimum absolute atomic E-state index is 0.0587. The third-order valence-corrected chi connectivity index (χ3v) is 5.89. The lowest BCUT2D eigenvalue weighted by atomic mass is 10.1. The van der Waals surface area contributed by atoms with E-state index >= 15 is 0 Å². The minimum Gasteiger partial charge on any atom is -0.484 e. The van der Waals surface area contributed by atoms with Crippen LogP contribution in [0.3, 0.4) is 0 Å². The van der Waals surface area contributed by atoms with Crippen LogP contribution in [0.25, 0.3) is 10.6 Å². The normalized spacial score (nSPS) is 10.5. The summed E-state index contributed by atoms with van der Waals surface area (Å²) in [6, 6.07) is 9.67. The van der Waals surface area contributed by atoms with E-state index in [0.29, 0.717) is 17.4 Å². The molecule has 1 aromatic carbocycles. The molecule has 0 bridgehead atoms. The molecule has 0 saturated carbocycles. The van der Waals surface area contributed by atoms with Gasteiger partial charge in [-0.3, -0.25) is 14.9 Å². The second kappa shape index (κ2) is 8.99. The number of nitrogens with one attached hydrogen (secondary N) is 2. The molecule has 2 amide bonds. The van der Waals surface area contributed by atoms with E-state index in [1.807, 2.05) is 49.6 Å². The largest absolute Gasteiger partial charge is 0.484 e. The Morgan fingerprint density at radius 1 is 1.14 bits per heavy atom. The molecule has 0 aliphatic carbocycles. The molecule has 28 heavy (non-hydrogen) atoms. The number of carbonyl (C=O) groups excluding carboxylic acids is 2. The summed E-state index contributed by atoms with van der Waals surface area (Å²) >= 11 is 2.93. The quantitative estimate of drug-likeness (QED) is 0.608. The van der Waals surface area contributed by atoms with E-state index < -0.39 is 0 Å². The molecule has 0 aliphatic rings. The summed E-state index contributed by atoms with van der Waals surface area (Å²) in [6.07, 6.45) is 0. The number of rotatable bonds is 7. The average molecular weight is 416 g/mol. The number of amides is 2. The van der Waals surface area contributed by atoms with E-state index in [-0.39, 0.29) is 18.4 Å². The molecule has 2 N–H and O–H groups in total. The molecule has 8 heteroatoms. The average Bonchev–Trinajstić information content (AvgIpc) is 3.30. The summed E-state index contributed by atoms with van der Waals surface area (Å²) in [4.78, 5) is 29.6.